The number of thioether (sulfide) groups is 1. The number of hydrogen-bond donors (Lipinski definition) is 3. The Bertz CT molecular complexity index is 447. The normalized spacial score (nSPS) is 38.4. The lowest BCUT2D eigenvalue weighted by molar-refractivity contribution is -0.126. The summed E-state index contributed by atoms with van der Waals surface area (Å²) in [6.07, 6.45) is 8.63. The number of carbonyl (C=O) groups excluding carboxylic acids is 1. The molecule has 3 fully saturated rings. The molecule has 1 aliphatic heterocycles. The second-order valence-corrected chi connectivity index (χ2v) is 10.1. The van der Waals surface area contributed by atoms with Crippen LogP contribution in [0.4, 0.5) is 0 Å². The number of alkyl halides is 1. The second-order valence-electron chi connectivity index (χ2n) is 8.01. The molecule has 0 aromatic heterocycles. The highest BCUT2D eigenvalue weighted by Gasteiger charge is 2.32. The van der Waals surface area contributed by atoms with Gasteiger partial charge in [-0.3, -0.25) is 9.69 Å². The molecule has 1 saturated heterocycles. The molecule has 2 aliphatic carbocycles. The molecule has 3 aliphatic rings. The number of hydrogen-bond acceptors (Lipinski definition) is 5. The summed E-state index contributed by atoms with van der Waals surface area (Å²) in [5.41, 5.74) is 6.86. The third kappa shape index (κ3) is 5.48. The van der Waals surface area contributed by atoms with Gasteiger partial charge in [0.2, 0.25) is 5.91 Å². The highest BCUT2D eigenvalue weighted by Crippen LogP contribution is 2.35. The van der Waals surface area contributed by atoms with E-state index in [0.29, 0.717) is 22.7 Å². The lowest BCUT2D eigenvalue weighted by Crippen LogP contribution is -2.44. The van der Waals surface area contributed by atoms with Crippen LogP contribution in [-0.4, -0.2) is 46.7 Å². The number of halogens is 1. The predicted molar refractivity (Wildman–Crippen MR) is 105 cm³/mol. The highest BCUT2D eigenvalue weighted by molar-refractivity contribution is 8.00. The third-order valence-electron chi connectivity index (χ3n) is 6.05. The number of carbonyl (C=O) groups is 1. The molecule has 5 nitrogen and oxygen atoms in total. The van der Waals surface area contributed by atoms with Crippen molar-refractivity contribution in [2.45, 2.75) is 80.5 Å². The number of amides is 1. The molecule has 7 heteroatoms. The predicted octanol–water partition coefficient (Wildman–Crippen LogP) is 2.86. The van der Waals surface area contributed by atoms with Crippen molar-refractivity contribution in [3.8, 4) is 0 Å². The number of nitrogens with one attached hydrogen (secondary N) is 3. The molecule has 0 aromatic carbocycles. The van der Waals surface area contributed by atoms with E-state index in [0.717, 1.165) is 45.2 Å². The first-order valence-corrected chi connectivity index (χ1v) is 11.2. The number of rotatable bonds is 5. The van der Waals surface area contributed by atoms with Crippen LogP contribution in [0.15, 0.2) is 0 Å². The van der Waals surface area contributed by atoms with E-state index in [4.69, 9.17) is 11.6 Å². The molecular weight excluding hydrogens is 356 g/mol. The molecule has 3 rings (SSSR count). The molecule has 0 radical (unpaired) electrons. The maximum Gasteiger partial charge on any atom is 0.223 e. The first-order valence-electron chi connectivity index (χ1n) is 9.81. The molecule has 4 atom stereocenters. The molecule has 0 bridgehead atoms. The Morgan fingerprint density at radius 2 is 2.00 bits per heavy atom. The first-order chi connectivity index (χ1) is 12.0. The van der Waals surface area contributed by atoms with Crippen molar-refractivity contribution < 1.29 is 4.79 Å². The van der Waals surface area contributed by atoms with Crippen molar-refractivity contribution in [1.82, 2.24) is 21.1 Å². The van der Waals surface area contributed by atoms with E-state index in [1.54, 1.807) is 0 Å². The molecule has 25 heavy (non-hydrogen) atoms. The minimum Gasteiger partial charge on any atom is -0.353 e. The number of nitrogens with zero attached hydrogens (tertiary/aromatic N) is 1. The topological polar surface area (TPSA) is 56.4 Å². The van der Waals surface area contributed by atoms with Crippen LogP contribution in [0.2, 0.25) is 0 Å². The fourth-order valence-electron chi connectivity index (χ4n) is 4.32. The maximum absolute atomic E-state index is 12.6. The molecule has 1 heterocycles. The summed E-state index contributed by atoms with van der Waals surface area (Å²) < 4.78 is 0. The lowest BCUT2D eigenvalue weighted by atomic mass is 9.83. The van der Waals surface area contributed by atoms with Crippen LogP contribution in [0, 0.1) is 11.8 Å². The molecule has 3 N–H and O–H groups in total. The van der Waals surface area contributed by atoms with Gasteiger partial charge in [0.1, 0.15) is 5.50 Å². The molecule has 4 unspecified atom stereocenters. The summed E-state index contributed by atoms with van der Waals surface area (Å²) in [5.74, 6) is 1.14. The fourth-order valence-corrected chi connectivity index (χ4v) is 5.88. The van der Waals surface area contributed by atoms with Crippen molar-refractivity contribution in [2.24, 2.45) is 11.8 Å². The Morgan fingerprint density at radius 1 is 1.24 bits per heavy atom. The van der Waals surface area contributed by atoms with Gasteiger partial charge in [0, 0.05) is 22.6 Å². The van der Waals surface area contributed by atoms with E-state index in [2.05, 4.69) is 35.0 Å². The van der Waals surface area contributed by atoms with E-state index in [9.17, 15) is 4.79 Å². The monoisotopic (exact) mass is 388 g/mol. The largest absolute Gasteiger partial charge is 0.353 e. The van der Waals surface area contributed by atoms with Crippen LogP contribution in [-0.2, 0) is 4.79 Å². The van der Waals surface area contributed by atoms with E-state index < -0.39 is 0 Å². The van der Waals surface area contributed by atoms with Gasteiger partial charge in [0.05, 0.1) is 6.67 Å². The third-order valence-corrected chi connectivity index (χ3v) is 8.04. The van der Waals surface area contributed by atoms with Crippen molar-refractivity contribution in [2.75, 3.05) is 13.7 Å². The molecule has 0 aromatic rings. The van der Waals surface area contributed by atoms with Crippen LogP contribution in [0.25, 0.3) is 0 Å². The molecule has 1 amide bonds. The molecule has 0 spiro atoms. The highest BCUT2D eigenvalue weighted by atomic mass is 35.5. The summed E-state index contributed by atoms with van der Waals surface area (Å²) >= 11 is 8.16. The van der Waals surface area contributed by atoms with E-state index in [1.165, 1.54) is 12.8 Å². The zero-order chi connectivity index (χ0) is 17.8. The van der Waals surface area contributed by atoms with Gasteiger partial charge in [0.15, 0.2) is 0 Å². The van der Waals surface area contributed by atoms with Gasteiger partial charge >= 0.3 is 0 Å². The maximum atomic E-state index is 12.6. The van der Waals surface area contributed by atoms with Gasteiger partial charge in [-0.2, -0.15) is 0 Å². The Morgan fingerprint density at radius 3 is 2.68 bits per heavy atom. The SMILES string of the molecule is CC(SC1NNCN1C)C1CCCC(NC(=O)C2CCC(Cl)CC2)C1. The van der Waals surface area contributed by atoms with Crippen LogP contribution >= 0.6 is 23.4 Å². The summed E-state index contributed by atoms with van der Waals surface area (Å²) in [4.78, 5) is 14.9. The Balaban J connectivity index is 1.45. The minimum absolute atomic E-state index is 0.185. The van der Waals surface area contributed by atoms with Crippen molar-refractivity contribution in [1.29, 1.82) is 0 Å². The average molecular weight is 389 g/mol. The van der Waals surface area contributed by atoms with Crippen LogP contribution in [0.3, 0.4) is 0 Å². The minimum atomic E-state index is 0.185. The van der Waals surface area contributed by atoms with Gasteiger partial charge in [-0.1, -0.05) is 13.3 Å². The van der Waals surface area contributed by atoms with Crippen molar-refractivity contribution >= 4 is 29.3 Å². The van der Waals surface area contributed by atoms with Gasteiger partial charge in [-0.25, -0.2) is 10.9 Å². The Kier molecular flexibility index (Phi) is 7.32. The average Bonchev–Trinajstić information content (AvgIpc) is 3.00. The van der Waals surface area contributed by atoms with Gasteiger partial charge in [0.25, 0.3) is 0 Å². The van der Waals surface area contributed by atoms with E-state index >= 15 is 0 Å². The van der Waals surface area contributed by atoms with Crippen molar-refractivity contribution in [3.05, 3.63) is 0 Å². The summed E-state index contributed by atoms with van der Waals surface area (Å²) in [7, 11) is 2.14. The zero-order valence-corrected chi connectivity index (χ0v) is 17.0. The smallest absolute Gasteiger partial charge is 0.223 e. The van der Waals surface area contributed by atoms with Crippen molar-refractivity contribution in [3.63, 3.8) is 0 Å². The number of hydrazine groups is 1. The first kappa shape index (κ1) is 19.7. The zero-order valence-electron chi connectivity index (χ0n) is 15.5. The summed E-state index contributed by atoms with van der Waals surface area (Å²) in [6, 6.07) is 0.357. The van der Waals surface area contributed by atoms with Crippen LogP contribution in [0.1, 0.15) is 58.3 Å². The van der Waals surface area contributed by atoms with Gasteiger partial charge in [-0.15, -0.1) is 23.4 Å². The lowest BCUT2D eigenvalue weighted by Gasteiger charge is -2.35. The van der Waals surface area contributed by atoms with Gasteiger partial charge < -0.3 is 5.32 Å². The van der Waals surface area contributed by atoms with Gasteiger partial charge in [-0.05, 0) is 57.9 Å². The molecule has 2 saturated carbocycles. The summed E-state index contributed by atoms with van der Waals surface area (Å²) in [5, 5.41) is 4.23. The van der Waals surface area contributed by atoms with E-state index in [1.807, 2.05) is 11.8 Å². The van der Waals surface area contributed by atoms with Crippen LogP contribution in [0.5, 0.6) is 0 Å². The standard InChI is InChI=1S/C18H33ClN4OS/c1-12(25-18-22-20-11-23(18)2)14-4-3-5-16(10-14)21-17(24)13-6-8-15(19)9-7-13/h12-16,18,20,22H,3-11H2,1-2H3,(H,21,24). The Labute approximate surface area is 161 Å². The second kappa shape index (κ2) is 9.27. The molecular formula is C18H33ClN4OS. The fraction of sp³-hybridized carbons (Fsp3) is 0.944. The van der Waals surface area contributed by atoms with E-state index in [-0.39, 0.29) is 17.2 Å². The Hall–Kier alpha value is -0.0100. The molecule has 144 valence electrons. The summed E-state index contributed by atoms with van der Waals surface area (Å²) in [6.45, 7) is 3.23. The van der Waals surface area contributed by atoms with Crippen LogP contribution < -0.4 is 16.2 Å². The quantitative estimate of drug-likeness (QED) is 0.632.